The topological polar surface area (TPSA) is 69.7 Å². The van der Waals surface area contributed by atoms with Gasteiger partial charge in [-0.2, -0.15) is 0 Å². The molecule has 32 heavy (non-hydrogen) atoms. The summed E-state index contributed by atoms with van der Waals surface area (Å²) in [5.74, 6) is -0.0781. The Morgan fingerprint density at radius 2 is 1.50 bits per heavy atom. The van der Waals surface area contributed by atoms with E-state index in [1.54, 1.807) is 24.3 Å². The second-order valence-electron chi connectivity index (χ2n) is 8.15. The molecule has 1 heterocycles. The van der Waals surface area contributed by atoms with Crippen LogP contribution in [0.4, 0.5) is 5.69 Å². The number of ketones is 1. The molecule has 0 bridgehead atoms. The van der Waals surface area contributed by atoms with Crippen LogP contribution in [0.15, 0.2) is 66.7 Å². The van der Waals surface area contributed by atoms with Gasteiger partial charge in [-0.05, 0) is 55.0 Å². The number of hydrogen-bond acceptors (Lipinski definition) is 4. The number of benzene rings is 3. The number of amides is 2. The maximum absolute atomic E-state index is 13.1. The Labute approximate surface area is 187 Å². The normalized spacial score (nSPS) is 15.4. The van der Waals surface area contributed by atoms with Gasteiger partial charge in [0.05, 0.1) is 6.04 Å². The molecule has 0 radical (unpaired) electrons. The molecule has 1 saturated heterocycles. The highest BCUT2D eigenvalue weighted by Gasteiger charge is 2.28. The fourth-order valence-corrected chi connectivity index (χ4v) is 4.10. The minimum absolute atomic E-state index is 0.00726. The van der Waals surface area contributed by atoms with Gasteiger partial charge in [0.1, 0.15) is 0 Å². The average Bonchev–Trinajstić information content (AvgIpc) is 2.83. The number of piperazine rings is 1. The van der Waals surface area contributed by atoms with Crippen molar-refractivity contribution < 1.29 is 14.4 Å². The van der Waals surface area contributed by atoms with Gasteiger partial charge in [-0.1, -0.05) is 36.4 Å². The van der Waals surface area contributed by atoms with Crippen LogP contribution in [0.3, 0.4) is 0 Å². The molecule has 0 aromatic heterocycles. The number of anilines is 1. The van der Waals surface area contributed by atoms with Crippen molar-refractivity contribution in [3.63, 3.8) is 0 Å². The molecule has 1 unspecified atom stereocenters. The van der Waals surface area contributed by atoms with Crippen molar-refractivity contribution in [1.29, 1.82) is 0 Å². The quantitative estimate of drug-likeness (QED) is 0.626. The van der Waals surface area contributed by atoms with E-state index in [4.69, 9.17) is 0 Å². The molecular formula is C26H27N3O3. The van der Waals surface area contributed by atoms with Crippen molar-refractivity contribution in [3.05, 3.63) is 77.9 Å². The van der Waals surface area contributed by atoms with Crippen LogP contribution in [0, 0.1) is 0 Å². The van der Waals surface area contributed by atoms with E-state index in [0.717, 1.165) is 16.3 Å². The van der Waals surface area contributed by atoms with Crippen molar-refractivity contribution in [2.45, 2.75) is 19.9 Å². The lowest BCUT2D eigenvalue weighted by molar-refractivity contribution is -0.121. The van der Waals surface area contributed by atoms with Gasteiger partial charge >= 0.3 is 0 Å². The molecule has 3 aromatic carbocycles. The highest BCUT2D eigenvalue weighted by Crippen LogP contribution is 2.21. The first-order valence-electron chi connectivity index (χ1n) is 10.9. The van der Waals surface area contributed by atoms with Crippen molar-refractivity contribution in [1.82, 2.24) is 9.80 Å². The predicted octanol–water partition coefficient (Wildman–Crippen LogP) is 3.83. The SMILES string of the molecule is CC(=O)c1ccc(NC(=O)C(C)N2CCN(C(=O)c3cccc4ccccc34)CC2)cc1. The lowest BCUT2D eigenvalue weighted by Crippen LogP contribution is -2.54. The third-order valence-corrected chi connectivity index (χ3v) is 6.11. The van der Waals surface area contributed by atoms with Gasteiger partial charge < -0.3 is 10.2 Å². The van der Waals surface area contributed by atoms with Crippen LogP contribution in [-0.4, -0.2) is 59.6 Å². The van der Waals surface area contributed by atoms with Crippen LogP contribution in [0.5, 0.6) is 0 Å². The Hall–Kier alpha value is -3.51. The van der Waals surface area contributed by atoms with Gasteiger partial charge in [-0.25, -0.2) is 0 Å². The van der Waals surface area contributed by atoms with E-state index in [2.05, 4.69) is 10.2 Å². The van der Waals surface area contributed by atoms with Crippen LogP contribution in [0.25, 0.3) is 10.8 Å². The summed E-state index contributed by atoms with van der Waals surface area (Å²) in [4.78, 5) is 41.2. The van der Waals surface area contributed by atoms with E-state index in [0.29, 0.717) is 37.4 Å². The molecular weight excluding hydrogens is 402 g/mol. The van der Waals surface area contributed by atoms with E-state index in [-0.39, 0.29) is 23.6 Å². The van der Waals surface area contributed by atoms with Crippen molar-refractivity contribution in [2.24, 2.45) is 0 Å². The maximum Gasteiger partial charge on any atom is 0.254 e. The summed E-state index contributed by atoms with van der Waals surface area (Å²) in [5, 5.41) is 4.93. The molecule has 2 amide bonds. The molecule has 4 rings (SSSR count). The molecule has 6 nitrogen and oxygen atoms in total. The minimum Gasteiger partial charge on any atom is -0.336 e. The first kappa shape index (κ1) is 21.7. The summed E-state index contributed by atoms with van der Waals surface area (Å²) >= 11 is 0. The molecule has 1 N–H and O–H groups in total. The monoisotopic (exact) mass is 429 g/mol. The number of fused-ring (bicyclic) bond motifs is 1. The largest absolute Gasteiger partial charge is 0.336 e. The fourth-order valence-electron chi connectivity index (χ4n) is 4.10. The Balaban J connectivity index is 1.36. The van der Waals surface area contributed by atoms with Crippen LogP contribution >= 0.6 is 0 Å². The molecule has 3 aromatic rings. The van der Waals surface area contributed by atoms with Gasteiger partial charge in [0.2, 0.25) is 5.91 Å². The molecule has 1 fully saturated rings. The van der Waals surface area contributed by atoms with Crippen LogP contribution in [-0.2, 0) is 4.79 Å². The third-order valence-electron chi connectivity index (χ3n) is 6.11. The molecule has 0 aliphatic carbocycles. The van der Waals surface area contributed by atoms with Gasteiger partial charge in [0, 0.05) is 43.0 Å². The predicted molar refractivity (Wildman–Crippen MR) is 126 cm³/mol. The van der Waals surface area contributed by atoms with E-state index >= 15 is 0 Å². The Morgan fingerprint density at radius 3 is 2.19 bits per heavy atom. The smallest absolute Gasteiger partial charge is 0.254 e. The van der Waals surface area contributed by atoms with Gasteiger partial charge in [0.25, 0.3) is 5.91 Å². The van der Waals surface area contributed by atoms with E-state index in [1.165, 1.54) is 6.92 Å². The van der Waals surface area contributed by atoms with Gasteiger partial charge in [-0.3, -0.25) is 19.3 Å². The molecule has 0 spiro atoms. The Kier molecular flexibility index (Phi) is 6.32. The van der Waals surface area contributed by atoms with Crippen LogP contribution in [0.1, 0.15) is 34.6 Å². The van der Waals surface area contributed by atoms with E-state index in [1.807, 2.05) is 54.3 Å². The zero-order chi connectivity index (χ0) is 22.7. The third kappa shape index (κ3) is 4.55. The second kappa shape index (κ2) is 9.32. The number of hydrogen-bond donors (Lipinski definition) is 1. The van der Waals surface area contributed by atoms with Crippen LogP contribution in [0.2, 0.25) is 0 Å². The zero-order valence-electron chi connectivity index (χ0n) is 18.4. The molecule has 6 heteroatoms. The molecule has 164 valence electrons. The highest BCUT2D eigenvalue weighted by atomic mass is 16.2. The number of rotatable bonds is 5. The molecule has 1 aliphatic heterocycles. The summed E-state index contributed by atoms with van der Waals surface area (Å²) in [5.41, 5.74) is 2.00. The number of carbonyl (C=O) groups is 3. The highest BCUT2D eigenvalue weighted by molar-refractivity contribution is 6.07. The summed E-state index contributed by atoms with van der Waals surface area (Å²) in [6.07, 6.45) is 0. The fraction of sp³-hybridized carbons (Fsp3) is 0.269. The molecule has 1 atom stereocenters. The van der Waals surface area contributed by atoms with Crippen LogP contribution < -0.4 is 5.32 Å². The van der Waals surface area contributed by atoms with Gasteiger partial charge in [-0.15, -0.1) is 0 Å². The van der Waals surface area contributed by atoms with Crippen molar-refractivity contribution in [2.75, 3.05) is 31.5 Å². The first-order valence-corrected chi connectivity index (χ1v) is 10.9. The summed E-state index contributed by atoms with van der Waals surface area (Å²) in [7, 11) is 0. The summed E-state index contributed by atoms with van der Waals surface area (Å²) < 4.78 is 0. The van der Waals surface area contributed by atoms with E-state index in [9.17, 15) is 14.4 Å². The number of Topliss-reactive ketones (excluding diaryl/α,β-unsaturated/α-hetero) is 1. The number of nitrogens with zero attached hydrogens (tertiary/aromatic N) is 2. The lowest BCUT2D eigenvalue weighted by atomic mass is 10.0. The Bertz CT molecular complexity index is 1140. The standard InChI is InChI=1S/C26H27N3O3/c1-18(25(31)27-22-12-10-20(11-13-22)19(2)30)28-14-16-29(17-15-28)26(32)24-9-5-7-21-6-3-4-8-23(21)24/h3-13,18H,14-17H2,1-2H3,(H,27,31). The minimum atomic E-state index is -0.322. The van der Waals surface area contributed by atoms with Crippen molar-refractivity contribution in [3.8, 4) is 0 Å². The average molecular weight is 430 g/mol. The molecule has 0 saturated carbocycles. The number of carbonyl (C=O) groups excluding carboxylic acids is 3. The van der Waals surface area contributed by atoms with Gasteiger partial charge in [0.15, 0.2) is 5.78 Å². The van der Waals surface area contributed by atoms with Crippen molar-refractivity contribution >= 4 is 34.1 Å². The number of nitrogens with one attached hydrogen (secondary N) is 1. The molecule has 1 aliphatic rings. The second-order valence-corrected chi connectivity index (χ2v) is 8.15. The lowest BCUT2D eigenvalue weighted by Gasteiger charge is -2.37. The van der Waals surface area contributed by atoms with E-state index < -0.39 is 0 Å². The first-order chi connectivity index (χ1) is 15.4. The Morgan fingerprint density at radius 1 is 0.844 bits per heavy atom. The summed E-state index contributed by atoms with van der Waals surface area (Å²) in [6, 6.07) is 20.3. The summed E-state index contributed by atoms with van der Waals surface area (Å²) in [6.45, 7) is 5.81. The maximum atomic E-state index is 13.1. The zero-order valence-corrected chi connectivity index (χ0v) is 18.4.